The van der Waals surface area contributed by atoms with E-state index in [9.17, 15) is 0 Å². The molecule has 4 heterocycles. The Morgan fingerprint density at radius 1 is 0.408 bits per heavy atom. The summed E-state index contributed by atoms with van der Waals surface area (Å²) in [5, 5.41) is 2.65. The van der Waals surface area contributed by atoms with Gasteiger partial charge in [-0.05, 0) is 133 Å². The number of aromatic nitrogens is 1. The van der Waals surface area contributed by atoms with Gasteiger partial charge in [-0.25, -0.2) is 0 Å². The average Bonchev–Trinajstić information content (AvgIpc) is 3.88. The second kappa shape index (κ2) is 15.8. The molecule has 12 rings (SSSR count). The van der Waals surface area contributed by atoms with Crippen LogP contribution in [0.4, 0.5) is 34.1 Å². The minimum absolute atomic E-state index is 0.000371. The predicted molar refractivity (Wildman–Crippen MR) is 310 cm³/mol. The van der Waals surface area contributed by atoms with Gasteiger partial charge in [0, 0.05) is 55.2 Å². The lowest BCUT2D eigenvalue weighted by Gasteiger charge is -2.42. The number of para-hydroxylation sites is 1. The topological polar surface area (TPSA) is 11.4 Å². The zero-order chi connectivity index (χ0) is 49.5. The van der Waals surface area contributed by atoms with Crippen molar-refractivity contribution >= 4 is 99.8 Å². The van der Waals surface area contributed by atoms with E-state index in [2.05, 4.69) is 267 Å². The van der Waals surface area contributed by atoms with Crippen molar-refractivity contribution in [3.05, 3.63) is 192 Å². The van der Waals surface area contributed by atoms with Crippen LogP contribution in [0, 0.1) is 0 Å². The van der Waals surface area contributed by atoms with Crippen LogP contribution in [0.3, 0.4) is 0 Å². The van der Waals surface area contributed by atoms with Crippen LogP contribution >= 0.6 is 11.3 Å². The van der Waals surface area contributed by atoms with Crippen molar-refractivity contribution in [2.24, 2.45) is 0 Å². The summed E-state index contributed by atoms with van der Waals surface area (Å²) in [7, 11) is 0. The van der Waals surface area contributed by atoms with Crippen LogP contribution in [0.2, 0.25) is 0 Å². The zero-order valence-corrected chi connectivity index (χ0v) is 44.3. The Morgan fingerprint density at radius 3 is 1.61 bits per heavy atom. The summed E-state index contributed by atoms with van der Waals surface area (Å²) in [5.74, 6) is 0. The summed E-state index contributed by atoms with van der Waals surface area (Å²) in [6, 6.07) is 65.4. The standard InChI is InChI=1S/C66H64BN3S/c1-63(2,3)42-25-30-46(31-26-42)68(47-32-27-43(28-33-47)64(4,5)6)48-34-35-52-55(40-48)69(54-36-29-44(65(7,8)9)37-51(54)41-19-14-13-15-20-41)56-38-45(66(10,11)12)39-57-59(56)67(52)53-23-18-22-50-60(53)70(57)61-49-21-16-17-24-58(49)71-62(50)61/h13-40H,1-12H3. The van der Waals surface area contributed by atoms with E-state index in [0.29, 0.717) is 0 Å². The number of thiophene rings is 1. The molecule has 3 nitrogen and oxygen atoms in total. The summed E-state index contributed by atoms with van der Waals surface area (Å²) < 4.78 is 5.35. The molecule has 0 unspecified atom stereocenters. The number of fused-ring (bicyclic) bond motifs is 9. The first-order valence-corrected chi connectivity index (χ1v) is 26.4. The molecular formula is C66H64BN3S. The van der Waals surface area contributed by atoms with Gasteiger partial charge in [0.2, 0.25) is 0 Å². The number of anilines is 6. The van der Waals surface area contributed by atoms with E-state index < -0.39 is 0 Å². The van der Waals surface area contributed by atoms with Gasteiger partial charge in [-0.1, -0.05) is 186 Å². The Kier molecular flexibility index (Phi) is 10.1. The van der Waals surface area contributed by atoms with Gasteiger partial charge in [-0.2, -0.15) is 0 Å². The van der Waals surface area contributed by atoms with Crippen molar-refractivity contribution in [1.82, 2.24) is 4.57 Å². The molecule has 8 aromatic carbocycles. The molecule has 0 saturated heterocycles. The van der Waals surface area contributed by atoms with Gasteiger partial charge in [0.05, 0.1) is 21.4 Å². The highest BCUT2D eigenvalue weighted by Gasteiger charge is 2.44. The van der Waals surface area contributed by atoms with Gasteiger partial charge in [0.15, 0.2) is 0 Å². The largest absolute Gasteiger partial charge is 0.311 e. The highest BCUT2D eigenvalue weighted by atomic mass is 32.1. The van der Waals surface area contributed by atoms with E-state index in [0.717, 1.165) is 17.1 Å². The molecule has 71 heavy (non-hydrogen) atoms. The summed E-state index contributed by atoms with van der Waals surface area (Å²) in [6.45, 7) is 27.9. The van der Waals surface area contributed by atoms with E-state index in [-0.39, 0.29) is 28.4 Å². The first-order valence-electron chi connectivity index (χ1n) is 25.5. The molecule has 0 spiro atoms. The van der Waals surface area contributed by atoms with E-state index in [1.54, 1.807) is 0 Å². The van der Waals surface area contributed by atoms with Gasteiger partial charge in [-0.15, -0.1) is 11.3 Å². The first kappa shape index (κ1) is 45.3. The SMILES string of the molecule is CC(C)(C)c1ccc(N(c2ccc(C(C)(C)C)cc2)c2ccc3c(c2)N(c2ccc(C(C)(C)C)cc2-c2ccccc2)c2cc(C(C)(C)C)cc4c2B3c2cccc3c5sc6ccccc6c5n-4c23)cc1. The van der Waals surface area contributed by atoms with Crippen LogP contribution in [0.15, 0.2) is 170 Å². The zero-order valence-electron chi connectivity index (χ0n) is 43.5. The van der Waals surface area contributed by atoms with Gasteiger partial charge >= 0.3 is 0 Å². The molecule has 5 heteroatoms. The molecule has 2 aliphatic heterocycles. The molecule has 0 N–H and O–H groups in total. The number of benzene rings is 8. The van der Waals surface area contributed by atoms with Gasteiger partial charge in [-0.3, -0.25) is 0 Å². The second-order valence-electron chi connectivity index (χ2n) is 24.3. The lowest BCUT2D eigenvalue weighted by Crippen LogP contribution is -2.60. The third-order valence-electron chi connectivity index (χ3n) is 15.4. The fourth-order valence-corrected chi connectivity index (χ4v) is 12.6. The Balaban J connectivity index is 1.20. The number of hydrogen-bond acceptors (Lipinski definition) is 3. The van der Waals surface area contributed by atoms with Gasteiger partial charge in [0.25, 0.3) is 6.71 Å². The lowest BCUT2D eigenvalue weighted by molar-refractivity contribution is 0.589. The van der Waals surface area contributed by atoms with Gasteiger partial charge < -0.3 is 14.4 Å². The van der Waals surface area contributed by atoms with Crippen molar-refractivity contribution in [3.63, 3.8) is 0 Å². The van der Waals surface area contributed by atoms with Crippen LogP contribution in [-0.4, -0.2) is 11.3 Å². The van der Waals surface area contributed by atoms with Crippen LogP contribution in [-0.2, 0) is 21.7 Å². The Morgan fingerprint density at radius 2 is 0.972 bits per heavy atom. The van der Waals surface area contributed by atoms with Crippen molar-refractivity contribution < 1.29 is 0 Å². The maximum Gasteiger partial charge on any atom is 0.252 e. The fraction of sp³-hybridized carbons (Fsp3) is 0.242. The van der Waals surface area contributed by atoms with E-state index in [1.807, 2.05) is 11.3 Å². The maximum atomic E-state index is 2.66. The minimum atomic E-state index is -0.137. The summed E-state index contributed by atoms with van der Waals surface area (Å²) in [6.07, 6.45) is 0. The maximum absolute atomic E-state index is 2.66. The molecule has 0 atom stereocenters. The van der Waals surface area contributed by atoms with E-state index >= 15 is 0 Å². The second-order valence-corrected chi connectivity index (χ2v) is 25.4. The molecule has 0 saturated carbocycles. The molecule has 0 amide bonds. The Labute approximate surface area is 425 Å². The number of rotatable bonds is 5. The smallest absolute Gasteiger partial charge is 0.252 e. The lowest BCUT2D eigenvalue weighted by atomic mass is 9.33. The van der Waals surface area contributed by atoms with Crippen LogP contribution in [0.25, 0.3) is 48.0 Å². The highest BCUT2D eigenvalue weighted by Crippen LogP contribution is 2.50. The molecule has 0 fully saturated rings. The molecule has 2 aliphatic rings. The van der Waals surface area contributed by atoms with Crippen molar-refractivity contribution in [3.8, 4) is 16.8 Å². The summed E-state index contributed by atoms with van der Waals surface area (Å²) in [4.78, 5) is 5.12. The van der Waals surface area contributed by atoms with E-state index in [1.165, 1.54) is 104 Å². The molecule has 10 aromatic rings. The first-order chi connectivity index (χ1) is 33.8. The normalized spacial score (nSPS) is 13.6. The highest BCUT2D eigenvalue weighted by molar-refractivity contribution is 7.26. The molecule has 0 bridgehead atoms. The van der Waals surface area contributed by atoms with Crippen molar-refractivity contribution in [2.45, 2.75) is 105 Å². The third-order valence-corrected chi connectivity index (χ3v) is 16.6. The van der Waals surface area contributed by atoms with Crippen molar-refractivity contribution in [1.29, 1.82) is 0 Å². The molecular weight excluding hydrogens is 878 g/mol. The van der Waals surface area contributed by atoms with Crippen LogP contribution < -0.4 is 26.2 Å². The Bertz CT molecular complexity index is 3680. The predicted octanol–water partition coefficient (Wildman–Crippen LogP) is 16.9. The number of nitrogens with zero attached hydrogens (tertiary/aromatic N) is 3. The van der Waals surface area contributed by atoms with Crippen LogP contribution in [0.5, 0.6) is 0 Å². The average molecular weight is 942 g/mol. The molecule has 0 aliphatic carbocycles. The number of hydrogen-bond donors (Lipinski definition) is 0. The molecule has 352 valence electrons. The van der Waals surface area contributed by atoms with Gasteiger partial charge in [0.1, 0.15) is 0 Å². The quantitative estimate of drug-likeness (QED) is 0.159. The summed E-state index contributed by atoms with van der Waals surface area (Å²) >= 11 is 1.93. The third kappa shape index (κ3) is 7.29. The monoisotopic (exact) mass is 941 g/mol. The molecule has 0 radical (unpaired) electrons. The van der Waals surface area contributed by atoms with E-state index in [4.69, 9.17) is 0 Å². The minimum Gasteiger partial charge on any atom is -0.311 e. The molecule has 2 aromatic heterocycles. The fourth-order valence-electron chi connectivity index (χ4n) is 11.4. The summed E-state index contributed by atoms with van der Waals surface area (Å²) in [5.41, 5.74) is 22.5. The Hall–Kier alpha value is -6.82. The van der Waals surface area contributed by atoms with Crippen LogP contribution in [0.1, 0.15) is 105 Å². The van der Waals surface area contributed by atoms with Crippen molar-refractivity contribution in [2.75, 3.05) is 9.80 Å².